The number of thioether (sulfide) groups is 1. The predicted octanol–water partition coefficient (Wildman–Crippen LogP) is 0.255. The highest BCUT2D eigenvalue weighted by Crippen LogP contribution is 2.09. The molecule has 126 valence electrons. The Morgan fingerprint density at radius 3 is 2.41 bits per heavy atom. The second kappa shape index (κ2) is 11.1. The number of rotatable bonds is 11. The molecule has 0 rings (SSSR count). The van der Waals surface area contributed by atoms with Crippen LogP contribution in [-0.4, -0.2) is 53.8 Å². The zero-order chi connectivity index (χ0) is 17.1. The largest absolute Gasteiger partial charge is 0.463 e. The Balaban J connectivity index is 3.70. The third-order valence-corrected chi connectivity index (χ3v) is 3.72. The van der Waals surface area contributed by atoms with Crippen molar-refractivity contribution in [3.05, 3.63) is 12.2 Å². The Hall–Kier alpha value is -1.54. The van der Waals surface area contributed by atoms with Crippen LogP contribution >= 0.6 is 11.8 Å². The summed E-state index contributed by atoms with van der Waals surface area (Å²) >= 11 is 1.43. The van der Waals surface area contributed by atoms with E-state index in [1.165, 1.54) is 18.7 Å². The number of nitrogens with two attached hydrogens (primary N) is 1. The molecule has 22 heavy (non-hydrogen) atoms. The summed E-state index contributed by atoms with van der Waals surface area (Å²) in [6.45, 7) is 6.10. The zero-order valence-electron chi connectivity index (χ0n) is 12.9. The van der Waals surface area contributed by atoms with E-state index in [4.69, 9.17) is 15.2 Å². The first-order chi connectivity index (χ1) is 10.2. The molecule has 2 atom stereocenters. The molecule has 0 aliphatic heterocycles. The fraction of sp³-hybridized carbons (Fsp3) is 0.643. The summed E-state index contributed by atoms with van der Waals surface area (Å²) in [5.41, 5.74) is 5.34. The molecule has 0 bridgehead atoms. The molecule has 8 heteroatoms. The van der Waals surface area contributed by atoms with Crippen LogP contribution < -0.4 is 5.73 Å². The first-order valence-corrected chi connectivity index (χ1v) is 7.92. The number of esters is 2. The van der Waals surface area contributed by atoms with E-state index in [-0.39, 0.29) is 37.0 Å². The second-order valence-electron chi connectivity index (χ2n) is 4.84. The van der Waals surface area contributed by atoms with Gasteiger partial charge in [-0.05, 0) is 6.92 Å². The third kappa shape index (κ3) is 10.2. The van der Waals surface area contributed by atoms with E-state index in [0.717, 1.165) is 0 Å². The van der Waals surface area contributed by atoms with E-state index in [2.05, 4.69) is 6.58 Å². The Bertz CT molecular complexity index is 412. The average Bonchev–Trinajstić information content (AvgIpc) is 2.46. The number of aliphatic hydroxyl groups is 1. The summed E-state index contributed by atoms with van der Waals surface area (Å²) in [5.74, 6) is -0.651. The van der Waals surface area contributed by atoms with Crippen LogP contribution in [0.2, 0.25) is 0 Å². The molecule has 0 aromatic rings. The molecule has 0 fully saturated rings. The normalized spacial score (nSPS) is 13.0. The van der Waals surface area contributed by atoms with E-state index in [0.29, 0.717) is 11.5 Å². The maximum absolute atomic E-state index is 11.4. The average molecular weight is 333 g/mol. The van der Waals surface area contributed by atoms with Gasteiger partial charge in [-0.2, -0.15) is 11.8 Å². The quantitative estimate of drug-likeness (QED) is 0.316. The molecule has 0 aliphatic carbocycles. The lowest BCUT2D eigenvalue weighted by Gasteiger charge is -2.12. The number of carbonyl (C=O) groups is 3. The van der Waals surface area contributed by atoms with Gasteiger partial charge >= 0.3 is 11.9 Å². The number of hydrogen-bond donors (Lipinski definition) is 2. The molecule has 0 aromatic carbocycles. The van der Waals surface area contributed by atoms with Crippen molar-refractivity contribution in [1.82, 2.24) is 0 Å². The van der Waals surface area contributed by atoms with Crippen LogP contribution in [0, 0.1) is 5.92 Å². The smallest absolute Gasteiger partial charge is 0.333 e. The van der Waals surface area contributed by atoms with Crippen molar-refractivity contribution in [1.29, 1.82) is 0 Å². The first kappa shape index (κ1) is 20.5. The number of aliphatic hydroxyl groups excluding tert-OH is 1. The van der Waals surface area contributed by atoms with Gasteiger partial charge in [-0.15, -0.1) is 0 Å². The highest BCUT2D eigenvalue weighted by molar-refractivity contribution is 7.99. The molecule has 1 amide bonds. The molecule has 7 nitrogen and oxygen atoms in total. The van der Waals surface area contributed by atoms with Crippen LogP contribution in [0.1, 0.15) is 20.3 Å². The molecule has 2 unspecified atom stereocenters. The number of primary amides is 1. The third-order valence-electron chi connectivity index (χ3n) is 2.50. The van der Waals surface area contributed by atoms with Gasteiger partial charge in [-0.25, -0.2) is 4.79 Å². The summed E-state index contributed by atoms with van der Waals surface area (Å²) in [6, 6.07) is 0. The summed E-state index contributed by atoms with van der Waals surface area (Å²) in [4.78, 5) is 33.3. The van der Waals surface area contributed by atoms with E-state index >= 15 is 0 Å². The van der Waals surface area contributed by atoms with Gasteiger partial charge in [0.05, 0.1) is 6.42 Å². The minimum atomic E-state index is -1.07. The van der Waals surface area contributed by atoms with Gasteiger partial charge in [0.25, 0.3) is 0 Å². The topological polar surface area (TPSA) is 116 Å². The molecule has 0 heterocycles. The molecule has 0 spiro atoms. The number of ether oxygens (including phenoxy) is 2. The summed E-state index contributed by atoms with van der Waals surface area (Å²) in [6.07, 6.45) is -0.913. The van der Waals surface area contributed by atoms with Gasteiger partial charge < -0.3 is 20.3 Å². The molecule has 0 aliphatic rings. The van der Waals surface area contributed by atoms with E-state index in [9.17, 15) is 19.5 Å². The Kier molecular flexibility index (Phi) is 10.3. The van der Waals surface area contributed by atoms with Crippen molar-refractivity contribution in [3.63, 3.8) is 0 Å². The highest BCUT2D eigenvalue weighted by atomic mass is 32.2. The molecule has 0 saturated carbocycles. The molecule has 3 N–H and O–H groups in total. The molecule has 0 saturated heterocycles. The lowest BCUT2D eigenvalue weighted by atomic mass is 10.2. The van der Waals surface area contributed by atoms with E-state index < -0.39 is 18.0 Å². The minimum Gasteiger partial charge on any atom is -0.463 e. The standard InChI is InChI=1S/C14H23NO6S/c1-9(2)14(19)21-7-11(16)6-20-12(17)4-5-22-8-10(3)13(15)18/h10-11,16H,1,4-8H2,2-3H3,(H2,15,18). The first-order valence-electron chi connectivity index (χ1n) is 6.77. The number of hydrogen-bond acceptors (Lipinski definition) is 7. The van der Waals surface area contributed by atoms with Crippen LogP contribution in [-0.2, 0) is 23.9 Å². The van der Waals surface area contributed by atoms with Crippen molar-refractivity contribution in [2.75, 3.05) is 24.7 Å². The number of amides is 1. The SMILES string of the molecule is C=C(C)C(=O)OCC(O)COC(=O)CCSCC(C)C(N)=O. The van der Waals surface area contributed by atoms with Gasteiger partial charge in [0.15, 0.2) is 0 Å². The van der Waals surface area contributed by atoms with Gasteiger partial charge in [0.1, 0.15) is 19.3 Å². The lowest BCUT2D eigenvalue weighted by Crippen LogP contribution is -2.25. The summed E-state index contributed by atoms with van der Waals surface area (Å²) < 4.78 is 9.56. The van der Waals surface area contributed by atoms with E-state index in [1.54, 1.807) is 6.92 Å². The molecular weight excluding hydrogens is 310 g/mol. The molecule has 0 aromatic heterocycles. The monoisotopic (exact) mass is 333 g/mol. The van der Waals surface area contributed by atoms with Crippen molar-refractivity contribution in [2.24, 2.45) is 11.7 Å². The van der Waals surface area contributed by atoms with Crippen LogP contribution in [0.5, 0.6) is 0 Å². The lowest BCUT2D eigenvalue weighted by molar-refractivity contribution is -0.150. The van der Waals surface area contributed by atoms with Crippen LogP contribution in [0.15, 0.2) is 12.2 Å². The van der Waals surface area contributed by atoms with Gasteiger partial charge in [-0.1, -0.05) is 13.5 Å². The highest BCUT2D eigenvalue weighted by Gasteiger charge is 2.13. The van der Waals surface area contributed by atoms with Crippen LogP contribution in [0.3, 0.4) is 0 Å². The molecular formula is C14H23NO6S. The Morgan fingerprint density at radius 1 is 1.27 bits per heavy atom. The van der Waals surface area contributed by atoms with E-state index in [1.807, 2.05) is 0 Å². The number of carbonyl (C=O) groups excluding carboxylic acids is 3. The van der Waals surface area contributed by atoms with Crippen molar-refractivity contribution < 1.29 is 29.0 Å². The molecule has 0 radical (unpaired) electrons. The Labute approximate surface area is 134 Å². The predicted molar refractivity (Wildman–Crippen MR) is 83.0 cm³/mol. The minimum absolute atomic E-state index is 0.161. The Morgan fingerprint density at radius 2 is 1.86 bits per heavy atom. The maximum Gasteiger partial charge on any atom is 0.333 e. The van der Waals surface area contributed by atoms with Crippen molar-refractivity contribution >= 4 is 29.6 Å². The second-order valence-corrected chi connectivity index (χ2v) is 5.99. The summed E-state index contributed by atoms with van der Waals surface area (Å²) in [7, 11) is 0. The van der Waals surface area contributed by atoms with Crippen LogP contribution in [0.4, 0.5) is 0 Å². The fourth-order valence-corrected chi connectivity index (χ4v) is 2.10. The fourth-order valence-electron chi connectivity index (χ4n) is 1.10. The maximum atomic E-state index is 11.4. The van der Waals surface area contributed by atoms with Crippen molar-refractivity contribution in [3.8, 4) is 0 Å². The van der Waals surface area contributed by atoms with Gasteiger partial charge in [-0.3, -0.25) is 9.59 Å². The zero-order valence-corrected chi connectivity index (χ0v) is 13.7. The van der Waals surface area contributed by atoms with Crippen molar-refractivity contribution in [2.45, 2.75) is 26.4 Å². The van der Waals surface area contributed by atoms with Gasteiger partial charge in [0, 0.05) is 23.0 Å². The van der Waals surface area contributed by atoms with Gasteiger partial charge in [0.2, 0.25) is 5.91 Å². The van der Waals surface area contributed by atoms with Crippen LogP contribution in [0.25, 0.3) is 0 Å². The summed E-state index contributed by atoms with van der Waals surface area (Å²) in [5, 5.41) is 9.49.